The van der Waals surface area contributed by atoms with Gasteiger partial charge in [0.05, 0.1) is 39.0 Å². The molecule has 8 heteroatoms. The van der Waals surface area contributed by atoms with Gasteiger partial charge in [0.1, 0.15) is 11.5 Å². The quantitative estimate of drug-likeness (QED) is 0.321. The molecule has 1 aliphatic rings. The summed E-state index contributed by atoms with van der Waals surface area (Å²) in [6, 6.07) is 11.2. The number of ketones is 1. The van der Waals surface area contributed by atoms with Crippen LogP contribution in [0.4, 0.5) is 0 Å². The molecule has 34 heavy (non-hydrogen) atoms. The molecular weight excluding hydrogens is 438 g/mol. The van der Waals surface area contributed by atoms with E-state index in [2.05, 4.69) is 0 Å². The van der Waals surface area contributed by atoms with Gasteiger partial charge in [-0.3, -0.25) is 9.59 Å². The Labute approximate surface area is 199 Å². The lowest BCUT2D eigenvalue weighted by Crippen LogP contribution is -2.32. The van der Waals surface area contributed by atoms with Gasteiger partial charge < -0.3 is 29.0 Å². The fourth-order valence-corrected chi connectivity index (χ4v) is 3.82. The van der Waals surface area contributed by atoms with Crippen molar-refractivity contribution < 1.29 is 33.6 Å². The maximum absolute atomic E-state index is 13.1. The second kappa shape index (κ2) is 11.1. The van der Waals surface area contributed by atoms with Gasteiger partial charge in [0.25, 0.3) is 11.7 Å². The van der Waals surface area contributed by atoms with E-state index in [4.69, 9.17) is 18.9 Å². The van der Waals surface area contributed by atoms with E-state index in [1.165, 1.54) is 26.2 Å². The molecule has 1 N–H and O–H groups in total. The largest absolute Gasteiger partial charge is 0.507 e. The first-order valence-corrected chi connectivity index (χ1v) is 11.0. The smallest absolute Gasteiger partial charge is 0.295 e. The van der Waals surface area contributed by atoms with Crippen molar-refractivity contribution in [2.24, 2.45) is 5.92 Å². The number of aliphatic hydroxyl groups excluding tert-OH is 1. The first-order valence-electron chi connectivity index (χ1n) is 11.0. The van der Waals surface area contributed by atoms with Gasteiger partial charge in [-0.2, -0.15) is 0 Å². The lowest BCUT2D eigenvalue weighted by Gasteiger charge is -2.25. The minimum Gasteiger partial charge on any atom is -0.507 e. The van der Waals surface area contributed by atoms with E-state index < -0.39 is 17.7 Å². The third-order valence-corrected chi connectivity index (χ3v) is 5.49. The monoisotopic (exact) mass is 469 g/mol. The third-order valence-electron chi connectivity index (χ3n) is 5.49. The molecule has 1 fully saturated rings. The summed E-state index contributed by atoms with van der Waals surface area (Å²) >= 11 is 0. The second-order valence-electron chi connectivity index (χ2n) is 8.33. The number of likely N-dealkylation sites (tertiary alicyclic amines) is 1. The zero-order chi connectivity index (χ0) is 24.8. The molecule has 1 amide bonds. The van der Waals surface area contributed by atoms with E-state index in [1.807, 2.05) is 19.9 Å². The van der Waals surface area contributed by atoms with Crippen molar-refractivity contribution in [3.8, 4) is 17.2 Å². The molecule has 1 atom stereocenters. The van der Waals surface area contributed by atoms with Crippen molar-refractivity contribution in [3.63, 3.8) is 0 Å². The van der Waals surface area contributed by atoms with Crippen LogP contribution in [0.3, 0.4) is 0 Å². The average molecular weight is 470 g/mol. The number of benzene rings is 2. The predicted molar refractivity (Wildman–Crippen MR) is 127 cm³/mol. The Bertz CT molecular complexity index is 1080. The highest BCUT2D eigenvalue weighted by atomic mass is 16.5. The van der Waals surface area contributed by atoms with Gasteiger partial charge in [0.15, 0.2) is 11.5 Å². The molecule has 1 saturated heterocycles. The number of ether oxygens (including phenoxy) is 4. The van der Waals surface area contributed by atoms with Crippen LogP contribution in [-0.4, -0.2) is 62.8 Å². The molecule has 0 bridgehead atoms. The van der Waals surface area contributed by atoms with E-state index in [1.54, 1.807) is 36.4 Å². The van der Waals surface area contributed by atoms with Crippen LogP contribution in [0.1, 0.15) is 31.0 Å². The van der Waals surface area contributed by atoms with E-state index in [0.29, 0.717) is 40.9 Å². The summed E-state index contributed by atoms with van der Waals surface area (Å²) in [5.41, 5.74) is 0.979. The predicted octanol–water partition coefficient (Wildman–Crippen LogP) is 3.81. The summed E-state index contributed by atoms with van der Waals surface area (Å²) in [4.78, 5) is 27.5. The van der Waals surface area contributed by atoms with Crippen LogP contribution in [0.25, 0.3) is 5.76 Å². The third kappa shape index (κ3) is 5.17. The zero-order valence-electron chi connectivity index (χ0n) is 20.2. The molecular formula is C26H31NO7. The maximum Gasteiger partial charge on any atom is 0.295 e. The molecule has 0 radical (unpaired) electrons. The van der Waals surface area contributed by atoms with Crippen molar-refractivity contribution in [1.82, 2.24) is 4.90 Å². The van der Waals surface area contributed by atoms with Crippen LogP contribution in [0.15, 0.2) is 48.0 Å². The van der Waals surface area contributed by atoms with Crippen LogP contribution < -0.4 is 14.2 Å². The molecule has 3 rings (SSSR count). The van der Waals surface area contributed by atoms with Crippen LogP contribution in [0.5, 0.6) is 17.2 Å². The molecule has 2 aromatic rings. The lowest BCUT2D eigenvalue weighted by molar-refractivity contribution is -0.140. The van der Waals surface area contributed by atoms with Crippen molar-refractivity contribution in [2.45, 2.75) is 19.9 Å². The first kappa shape index (κ1) is 25.1. The summed E-state index contributed by atoms with van der Waals surface area (Å²) in [5, 5.41) is 11.2. The minimum atomic E-state index is -0.800. The second-order valence-corrected chi connectivity index (χ2v) is 8.33. The highest BCUT2D eigenvalue weighted by Crippen LogP contribution is 2.41. The lowest BCUT2D eigenvalue weighted by atomic mass is 9.95. The zero-order valence-corrected chi connectivity index (χ0v) is 20.2. The van der Waals surface area contributed by atoms with Crippen molar-refractivity contribution in [3.05, 3.63) is 59.2 Å². The van der Waals surface area contributed by atoms with Crippen LogP contribution in [-0.2, 0) is 14.3 Å². The molecule has 182 valence electrons. The number of hydrogen-bond acceptors (Lipinski definition) is 7. The van der Waals surface area contributed by atoms with Crippen LogP contribution >= 0.6 is 0 Å². The number of rotatable bonds is 10. The Morgan fingerprint density at radius 2 is 1.76 bits per heavy atom. The van der Waals surface area contributed by atoms with Gasteiger partial charge in [-0.25, -0.2) is 0 Å². The average Bonchev–Trinajstić information content (AvgIpc) is 3.10. The highest BCUT2D eigenvalue weighted by molar-refractivity contribution is 6.46. The number of amides is 1. The van der Waals surface area contributed by atoms with E-state index in [9.17, 15) is 14.7 Å². The van der Waals surface area contributed by atoms with E-state index >= 15 is 0 Å². The molecule has 0 spiro atoms. The van der Waals surface area contributed by atoms with Crippen molar-refractivity contribution in [2.75, 3.05) is 41.1 Å². The summed E-state index contributed by atoms with van der Waals surface area (Å²) in [5.74, 6) is 0.0693. The Morgan fingerprint density at radius 3 is 2.41 bits per heavy atom. The van der Waals surface area contributed by atoms with Gasteiger partial charge in [0, 0.05) is 19.2 Å². The summed E-state index contributed by atoms with van der Waals surface area (Å²) < 4.78 is 21.6. The number of aliphatic hydroxyl groups is 1. The molecule has 1 unspecified atom stereocenters. The molecule has 1 aliphatic heterocycles. The first-order chi connectivity index (χ1) is 16.3. The SMILES string of the molecule is COCCN1C(=O)C(=O)/C(=C(/O)c2ccc(OC)c(OC)c2)C1c1cccc(OCC(C)C)c1. The number of carbonyl (C=O) groups is 2. The Balaban J connectivity index is 2.13. The standard InChI is InChI=1S/C26H31NO7/c1-16(2)15-34-19-8-6-7-17(13-19)23-22(25(29)26(30)27(23)11-12-31-3)24(28)18-9-10-20(32-4)21(14-18)33-5/h6-10,13-14,16,23,28H,11-12,15H2,1-5H3/b24-22+. The topological polar surface area (TPSA) is 94.5 Å². The van der Waals surface area contributed by atoms with E-state index in [-0.39, 0.29) is 24.5 Å². The molecule has 1 heterocycles. The van der Waals surface area contributed by atoms with Gasteiger partial charge in [0.2, 0.25) is 0 Å². The van der Waals surface area contributed by atoms with Gasteiger partial charge in [-0.05, 0) is 41.8 Å². The summed E-state index contributed by atoms with van der Waals surface area (Å²) in [6.07, 6.45) is 0. The molecule has 0 aliphatic carbocycles. The van der Waals surface area contributed by atoms with Crippen molar-refractivity contribution >= 4 is 17.4 Å². The van der Waals surface area contributed by atoms with Crippen molar-refractivity contribution in [1.29, 1.82) is 0 Å². The number of nitrogens with zero attached hydrogens (tertiary/aromatic N) is 1. The van der Waals surface area contributed by atoms with Crippen LogP contribution in [0.2, 0.25) is 0 Å². The molecule has 8 nitrogen and oxygen atoms in total. The van der Waals surface area contributed by atoms with Gasteiger partial charge >= 0.3 is 0 Å². The molecule has 0 aromatic heterocycles. The van der Waals surface area contributed by atoms with E-state index in [0.717, 1.165) is 0 Å². The maximum atomic E-state index is 13.1. The normalized spacial score (nSPS) is 17.4. The van der Waals surface area contributed by atoms with Crippen LogP contribution in [0, 0.1) is 5.92 Å². The fourth-order valence-electron chi connectivity index (χ4n) is 3.82. The summed E-state index contributed by atoms with van der Waals surface area (Å²) in [7, 11) is 4.51. The number of methoxy groups -OCH3 is 3. The van der Waals surface area contributed by atoms with Gasteiger partial charge in [-0.1, -0.05) is 26.0 Å². The Morgan fingerprint density at radius 1 is 1.03 bits per heavy atom. The minimum absolute atomic E-state index is 0.00525. The highest BCUT2D eigenvalue weighted by Gasteiger charge is 2.46. The Kier molecular flexibility index (Phi) is 8.17. The number of hydrogen-bond donors (Lipinski definition) is 1. The fraction of sp³-hybridized carbons (Fsp3) is 0.385. The molecule has 2 aromatic carbocycles. The molecule has 0 saturated carbocycles. The van der Waals surface area contributed by atoms with Gasteiger partial charge in [-0.15, -0.1) is 0 Å². The number of Topliss-reactive ketones (excluding diaryl/α,β-unsaturated/α-hetero) is 1. The Hall–Kier alpha value is -3.52. The summed E-state index contributed by atoms with van der Waals surface area (Å²) in [6.45, 7) is 5.05. The number of carbonyl (C=O) groups excluding carboxylic acids is 2.